The number of hydrogen-bond donors (Lipinski definition) is 2. The summed E-state index contributed by atoms with van der Waals surface area (Å²) in [5, 5.41) is 13.3. The van der Waals surface area contributed by atoms with Crippen LogP contribution >= 0.6 is 0 Å². The van der Waals surface area contributed by atoms with E-state index in [0.29, 0.717) is 0 Å². The van der Waals surface area contributed by atoms with Gasteiger partial charge in [-0.05, 0) is 43.4 Å². The van der Waals surface area contributed by atoms with Crippen molar-refractivity contribution in [2.24, 2.45) is 11.0 Å². The maximum absolute atomic E-state index is 10.8. The van der Waals surface area contributed by atoms with Crippen molar-refractivity contribution in [3.8, 4) is 0 Å². The largest absolute Gasteiger partial charge is 0.478 e. The molecule has 2 N–H and O–H groups in total. The van der Waals surface area contributed by atoms with E-state index in [2.05, 4.69) is 17.5 Å². The van der Waals surface area contributed by atoms with Crippen molar-refractivity contribution in [2.45, 2.75) is 32.6 Å². The number of carboxylic acid groups (broad SMARTS) is 1. The molecule has 1 aromatic carbocycles. The van der Waals surface area contributed by atoms with Crippen LogP contribution in [-0.2, 0) is 0 Å². The minimum absolute atomic E-state index is 0.276. The summed E-state index contributed by atoms with van der Waals surface area (Å²) >= 11 is 0. The molecular formula is C14H18N2O2. The van der Waals surface area contributed by atoms with Gasteiger partial charge in [0.1, 0.15) is 0 Å². The molecule has 0 heterocycles. The average Bonchev–Trinajstić information content (AvgIpc) is 2.84. The molecule has 1 fully saturated rings. The Hall–Kier alpha value is -1.84. The first-order valence-electron chi connectivity index (χ1n) is 6.34. The Balaban J connectivity index is 2.00. The fourth-order valence-corrected chi connectivity index (χ4v) is 2.22. The highest BCUT2D eigenvalue weighted by Gasteiger charge is 2.18. The van der Waals surface area contributed by atoms with E-state index in [9.17, 15) is 4.79 Å². The molecule has 1 aliphatic carbocycles. The van der Waals surface area contributed by atoms with Crippen molar-refractivity contribution in [1.82, 2.24) is 0 Å². The molecular weight excluding hydrogens is 228 g/mol. The average molecular weight is 246 g/mol. The molecule has 2 rings (SSSR count). The zero-order chi connectivity index (χ0) is 13.0. The predicted molar refractivity (Wildman–Crippen MR) is 72.1 cm³/mol. The third kappa shape index (κ3) is 3.09. The Morgan fingerprint density at radius 2 is 2.39 bits per heavy atom. The first-order chi connectivity index (χ1) is 8.69. The minimum atomic E-state index is -0.918. The molecule has 0 saturated heterocycles. The summed E-state index contributed by atoms with van der Waals surface area (Å²) in [6.07, 6.45) is 4.52. The zero-order valence-electron chi connectivity index (χ0n) is 10.5. The number of nitrogens with zero attached hydrogens (tertiary/aromatic N) is 1. The third-order valence-corrected chi connectivity index (χ3v) is 3.40. The second kappa shape index (κ2) is 5.67. The lowest BCUT2D eigenvalue weighted by Crippen LogP contribution is -2.00. The van der Waals surface area contributed by atoms with E-state index in [1.54, 1.807) is 18.2 Å². The van der Waals surface area contributed by atoms with Crippen LogP contribution in [0.15, 0.2) is 29.4 Å². The Morgan fingerprint density at radius 3 is 3.06 bits per heavy atom. The van der Waals surface area contributed by atoms with Crippen LogP contribution in [0.2, 0.25) is 0 Å². The lowest BCUT2D eigenvalue weighted by Gasteiger charge is -2.04. The molecule has 1 atom stereocenters. The van der Waals surface area contributed by atoms with E-state index in [4.69, 9.17) is 5.11 Å². The number of carbonyl (C=O) groups is 1. The molecule has 0 spiro atoms. The highest BCUT2D eigenvalue weighted by Crippen LogP contribution is 2.25. The molecule has 0 amide bonds. The number of rotatable bonds is 4. The van der Waals surface area contributed by atoms with E-state index in [1.807, 2.05) is 6.07 Å². The SMILES string of the molecule is CCC1CC/C(=N\Nc2cccc(C(=O)O)c2)C1. The smallest absolute Gasteiger partial charge is 0.335 e. The first-order valence-corrected chi connectivity index (χ1v) is 6.34. The van der Waals surface area contributed by atoms with Gasteiger partial charge in [0.25, 0.3) is 0 Å². The number of carboxylic acids is 1. The molecule has 1 aliphatic rings. The van der Waals surface area contributed by atoms with Crippen LogP contribution in [0, 0.1) is 5.92 Å². The Bertz CT molecular complexity index is 469. The summed E-state index contributed by atoms with van der Waals surface area (Å²) in [4.78, 5) is 10.8. The van der Waals surface area contributed by atoms with E-state index in [0.717, 1.165) is 24.4 Å². The summed E-state index contributed by atoms with van der Waals surface area (Å²) in [5.41, 5.74) is 5.13. The summed E-state index contributed by atoms with van der Waals surface area (Å²) in [5.74, 6) is -0.158. The van der Waals surface area contributed by atoms with Gasteiger partial charge >= 0.3 is 5.97 Å². The summed E-state index contributed by atoms with van der Waals surface area (Å²) in [6.45, 7) is 2.21. The monoisotopic (exact) mass is 246 g/mol. The fraction of sp³-hybridized carbons (Fsp3) is 0.429. The van der Waals surface area contributed by atoms with Crippen LogP contribution in [0.5, 0.6) is 0 Å². The van der Waals surface area contributed by atoms with Crippen molar-refractivity contribution >= 4 is 17.4 Å². The predicted octanol–water partition coefficient (Wildman–Crippen LogP) is 3.36. The van der Waals surface area contributed by atoms with E-state index in [-0.39, 0.29) is 5.56 Å². The van der Waals surface area contributed by atoms with E-state index >= 15 is 0 Å². The standard InChI is InChI=1S/C14H18N2O2/c1-2-10-6-7-13(8-10)16-15-12-5-3-4-11(9-12)14(17)18/h3-5,9-10,15H,2,6-8H2,1H3,(H,17,18)/b16-13+. The van der Waals surface area contributed by atoms with E-state index in [1.165, 1.54) is 18.6 Å². The highest BCUT2D eigenvalue weighted by atomic mass is 16.4. The third-order valence-electron chi connectivity index (χ3n) is 3.40. The van der Waals surface area contributed by atoms with Gasteiger partial charge in [0, 0.05) is 5.71 Å². The van der Waals surface area contributed by atoms with Crippen LogP contribution in [0.1, 0.15) is 43.0 Å². The number of benzene rings is 1. The van der Waals surface area contributed by atoms with Crippen LogP contribution < -0.4 is 5.43 Å². The van der Waals surface area contributed by atoms with Crippen LogP contribution in [-0.4, -0.2) is 16.8 Å². The van der Waals surface area contributed by atoms with Gasteiger partial charge in [-0.25, -0.2) is 4.79 Å². The van der Waals surface area contributed by atoms with Crippen molar-refractivity contribution in [2.75, 3.05) is 5.43 Å². The van der Waals surface area contributed by atoms with Crippen LogP contribution in [0.25, 0.3) is 0 Å². The molecule has 1 saturated carbocycles. The molecule has 0 aliphatic heterocycles. The van der Waals surface area contributed by atoms with Gasteiger partial charge in [0.2, 0.25) is 0 Å². The number of hydrazone groups is 1. The van der Waals surface area contributed by atoms with Gasteiger partial charge in [-0.2, -0.15) is 5.10 Å². The zero-order valence-corrected chi connectivity index (χ0v) is 10.5. The number of nitrogens with one attached hydrogen (secondary N) is 1. The highest BCUT2D eigenvalue weighted by molar-refractivity contribution is 5.89. The second-order valence-electron chi connectivity index (χ2n) is 4.69. The van der Waals surface area contributed by atoms with Crippen molar-refractivity contribution in [1.29, 1.82) is 0 Å². The second-order valence-corrected chi connectivity index (χ2v) is 4.69. The topological polar surface area (TPSA) is 61.7 Å². The molecule has 1 aromatic rings. The van der Waals surface area contributed by atoms with Gasteiger partial charge < -0.3 is 5.11 Å². The van der Waals surface area contributed by atoms with Gasteiger partial charge in [0.05, 0.1) is 11.3 Å². The molecule has 0 aromatic heterocycles. The maximum atomic E-state index is 10.8. The van der Waals surface area contributed by atoms with Gasteiger partial charge in [-0.15, -0.1) is 0 Å². The summed E-state index contributed by atoms with van der Waals surface area (Å²) in [6, 6.07) is 6.71. The Labute approximate surface area is 107 Å². The fourth-order valence-electron chi connectivity index (χ4n) is 2.22. The van der Waals surface area contributed by atoms with Gasteiger partial charge in [-0.3, -0.25) is 5.43 Å². The molecule has 0 radical (unpaired) electrons. The molecule has 4 nitrogen and oxygen atoms in total. The first kappa shape index (κ1) is 12.6. The summed E-state index contributed by atoms with van der Waals surface area (Å²) < 4.78 is 0. The van der Waals surface area contributed by atoms with Gasteiger partial charge in [0.15, 0.2) is 0 Å². The number of hydrogen-bond acceptors (Lipinski definition) is 3. The molecule has 4 heteroatoms. The number of aromatic carboxylic acids is 1. The van der Waals surface area contributed by atoms with Crippen LogP contribution in [0.4, 0.5) is 5.69 Å². The molecule has 18 heavy (non-hydrogen) atoms. The molecule has 0 bridgehead atoms. The van der Waals surface area contributed by atoms with Crippen molar-refractivity contribution < 1.29 is 9.90 Å². The van der Waals surface area contributed by atoms with Crippen LogP contribution in [0.3, 0.4) is 0 Å². The minimum Gasteiger partial charge on any atom is -0.478 e. The Morgan fingerprint density at radius 1 is 1.56 bits per heavy atom. The van der Waals surface area contributed by atoms with E-state index < -0.39 is 5.97 Å². The number of anilines is 1. The normalized spacial score (nSPS) is 21.2. The van der Waals surface area contributed by atoms with Gasteiger partial charge in [-0.1, -0.05) is 19.4 Å². The summed E-state index contributed by atoms with van der Waals surface area (Å²) in [7, 11) is 0. The lowest BCUT2D eigenvalue weighted by molar-refractivity contribution is 0.0697. The van der Waals surface area contributed by atoms with Crippen molar-refractivity contribution in [3.05, 3.63) is 29.8 Å². The van der Waals surface area contributed by atoms with Crippen molar-refractivity contribution in [3.63, 3.8) is 0 Å². The quantitative estimate of drug-likeness (QED) is 0.801. The molecule has 96 valence electrons. The molecule has 1 unspecified atom stereocenters. The Kier molecular flexibility index (Phi) is 3.97. The lowest BCUT2D eigenvalue weighted by atomic mass is 10.1. The maximum Gasteiger partial charge on any atom is 0.335 e.